The second-order valence-electron chi connectivity index (χ2n) is 9.25. The van der Waals surface area contributed by atoms with Crippen LogP contribution in [0.15, 0.2) is 59.2 Å². The molecule has 2 saturated heterocycles. The Balaban J connectivity index is 1.31. The fourth-order valence-electron chi connectivity index (χ4n) is 5.01. The Labute approximate surface area is 195 Å². The number of benzene rings is 2. The Morgan fingerprint density at radius 1 is 1.00 bits per heavy atom. The minimum Gasteiger partial charge on any atom is -0.449 e. The lowest BCUT2D eigenvalue weighted by Gasteiger charge is -2.36. The van der Waals surface area contributed by atoms with Crippen LogP contribution in [0.1, 0.15) is 24.3 Å². The molecule has 6 nitrogen and oxygen atoms in total. The van der Waals surface area contributed by atoms with Crippen molar-refractivity contribution < 1.29 is 9.21 Å². The number of likely N-dealkylation sites (N-methyl/N-ethyl adjacent to an activating group) is 1. The molecule has 0 spiro atoms. The Kier molecular flexibility index (Phi) is 6.18. The third-order valence-corrected chi connectivity index (χ3v) is 6.95. The number of nitrogens with zero attached hydrogens (tertiary/aromatic N) is 4. The molecule has 2 aliphatic rings. The number of rotatable bonds is 5. The number of amides is 1. The second kappa shape index (κ2) is 9.40. The average molecular weight is 445 g/mol. The molecule has 2 fully saturated rings. The van der Waals surface area contributed by atoms with Gasteiger partial charge >= 0.3 is 0 Å². The van der Waals surface area contributed by atoms with Gasteiger partial charge < -0.3 is 19.1 Å². The third kappa shape index (κ3) is 4.67. The van der Waals surface area contributed by atoms with E-state index in [-0.39, 0.29) is 11.8 Å². The van der Waals surface area contributed by atoms with E-state index in [0.717, 1.165) is 68.9 Å². The number of hydrogen-bond acceptors (Lipinski definition) is 5. The van der Waals surface area contributed by atoms with Crippen molar-refractivity contribution >= 4 is 17.3 Å². The van der Waals surface area contributed by atoms with Crippen molar-refractivity contribution in [2.24, 2.45) is 5.92 Å². The first-order chi connectivity index (χ1) is 16.1. The van der Waals surface area contributed by atoms with E-state index in [1.807, 2.05) is 36.1 Å². The lowest BCUT2D eigenvalue weighted by atomic mass is 9.89. The molecule has 1 atom stereocenters. The lowest BCUT2D eigenvalue weighted by Crippen LogP contribution is -2.45. The summed E-state index contributed by atoms with van der Waals surface area (Å²) in [5, 5.41) is 0. The topological polar surface area (TPSA) is 52.8 Å². The van der Waals surface area contributed by atoms with Crippen LogP contribution in [0, 0.1) is 12.8 Å². The molecule has 1 aromatic heterocycles. The summed E-state index contributed by atoms with van der Waals surface area (Å²) in [5.74, 6) is 0.907. The van der Waals surface area contributed by atoms with E-state index in [2.05, 4.69) is 46.1 Å². The number of aryl methyl sites for hydroxylation is 1. The molecule has 0 aliphatic carbocycles. The zero-order valence-corrected chi connectivity index (χ0v) is 19.5. The molecule has 2 aromatic carbocycles. The number of carbonyl (C=O) groups is 1. The second-order valence-corrected chi connectivity index (χ2v) is 9.25. The summed E-state index contributed by atoms with van der Waals surface area (Å²) in [4.78, 5) is 24.7. The van der Waals surface area contributed by atoms with Gasteiger partial charge in [-0.2, -0.15) is 0 Å². The van der Waals surface area contributed by atoms with Crippen molar-refractivity contribution in [1.29, 1.82) is 0 Å². The molecule has 2 aliphatic heterocycles. The average Bonchev–Trinajstić information content (AvgIpc) is 3.28. The van der Waals surface area contributed by atoms with Crippen LogP contribution in [0.2, 0.25) is 0 Å². The maximum Gasteiger partial charge on any atom is 0.230 e. The fourth-order valence-corrected chi connectivity index (χ4v) is 5.01. The highest BCUT2D eigenvalue weighted by atomic mass is 16.3. The van der Waals surface area contributed by atoms with Crippen molar-refractivity contribution in [1.82, 2.24) is 9.88 Å². The lowest BCUT2D eigenvalue weighted by molar-refractivity contribution is -0.123. The molecule has 0 radical (unpaired) electrons. The largest absolute Gasteiger partial charge is 0.449 e. The Bertz CT molecular complexity index is 1100. The normalized spacial score (nSPS) is 19.8. The Hall–Kier alpha value is -3.12. The fraction of sp³-hybridized carbons (Fsp3) is 0.407. The predicted octanol–water partition coefficient (Wildman–Crippen LogP) is 4.39. The molecule has 172 valence electrons. The van der Waals surface area contributed by atoms with Gasteiger partial charge in [-0.15, -0.1) is 0 Å². The van der Waals surface area contributed by atoms with Crippen LogP contribution in [-0.2, 0) is 11.2 Å². The number of carbonyl (C=O) groups excluding carboxylic acids is 1. The number of aromatic nitrogens is 1. The number of piperazine rings is 1. The number of hydrogen-bond donors (Lipinski definition) is 0. The Morgan fingerprint density at radius 2 is 1.76 bits per heavy atom. The molecule has 0 unspecified atom stereocenters. The van der Waals surface area contributed by atoms with Crippen LogP contribution in [-0.4, -0.2) is 55.6 Å². The first kappa shape index (κ1) is 21.7. The van der Waals surface area contributed by atoms with E-state index in [1.165, 1.54) is 11.3 Å². The smallest absolute Gasteiger partial charge is 0.230 e. The molecule has 5 rings (SSSR count). The van der Waals surface area contributed by atoms with Crippen LogP contribution >= 0.6 is 0 Å². The minimum atomic E-state index is 0.0187. The van der Waals surface area contributed by atoms with Crippen LogP contribution in [0.5, 0.6) is 0 Å². The van der Waals surface area contributed by atoms with Crippen LogP contribution in [0.4, 0.5) is 11.4 Å². The first-order valence-electron chi connectivity index (χ1n) is 11.9. The van der Waals surface area contributed by atoms with Crippen molar-refractivity contribution in [3.05, 3.63) is 66.2 Å². The summed E-state index contributed by atoms with van der Waals surface area (Å²) in [5.41, 5.74) is 5.36. The maximum atomic E-state index is 13.5. The molecule has 6 heteroatoms. The summed E-state index contributed by atoms with van der Waals surface area (Å²) in [6.45, 7) is 6.85. The molecule has 33 heavy (non-hydrogen) atoms. The van der Waals surface area contributed by atoms with Gasteiger partial charge in [0.25, 0.3) is 0 Å². The first-order valence-corrected chi connectivity index (χ1v) is 11.9. The van der Waals surface area contributed by atoms with Crippen molar-refractivity contribution in [3.63, 3.8) is 0 Å². The zero-order chi connectivity index (χ0) is 22.8. The van der Waals surface area contributed by atoms with Crippen molar-refractivity contribution in [2.75, 3.05) is 49.6 Å². The van der Waals surface area contributed by atoms with Crippen LogP contribution < -0.4 is 9.80 Å². The van der Waals surface area contributed by atoms with E-state index in [0.29, 0.717) is 5.89 Å². The zero-order valence-electron chi connectivity index (χ0n) is 19.5. The molecule has 0 bridgehead atoms. The van der Waals surface area contributed by atoms with Crippen LogP contribution in [0.25, 0.3) is 11.3 Å². The number of anilines is 2. The molecule has 3 aromatic rings. The summed E-state index contributed by atoms with van der Waals surface area (Å²) in [6.07, 6.45) is 4.44. The van der Waals surface area contributed by atoms with E-state index >= 15 is 0 Å². The minimum absolute atomic E-state index is 0.0187. The van der Waals surface area contributed by atoms with Gasteiger partial charge in [0.15, 0.2) is 5.89 Å². The van der Waals surface area contributed by atoms with Crippen molar-refractivity contribution in [3.8, 4) is 11.3 Å². The molecular weight excluding hydrogens is 412 g/mol. The standard InChI is InChI=1S/C27H32N4O2/c1-20-28-25(19-33-20)21-9-11-24(12-10-21)31-13-5-7-23(27(31)32)18-22-6-3-4-8-26(22)30-16-14-29(2)15-17-30/h3-4,6,8-12,19,23H,5,7,13-18H2,1-2H3/t23-/m0/s1. The summed E-state index contributed by atoms with van der Waals surface area (Å²) in [6, 6.07) is 16.7. The molecule has 0 saturated carbocycles. The van der Waals surface area contributed by atoms with E-state index < -0.39 is 0 Å². The molecule has 0 N–H and O–H groups in total. The van der Waals surface area contributed by atoms with Gasteiger partial charge in [-0.05, 0) is 50.1 Å². The van der Waals surface area contributed by atoms with Crippen molar-refractivity contribution in [2.45, 2.75) is 26.2 Å². The quantitative estimate of drug-likeness (QED) is 0.584. The SMILES string of the molecule is Cc1nc(-c2ccc(N3CCC[C@@H](Cc4ccccc4N4CCN(C)CC4)C3=O)cc2)co1. The number of oxazole rings is 1. The summed E-state index contributed by atoms with van der Waals surface area (Å²) < 4.78 is 5.33. The van der Waals surface area contributed by atoms with Gasteiger partial charge in [-0.1, -0.05) is 30.3 Å². The molecule has 1 amide bonds. The number of para-hydroxylation sites is 1. The van der Waals surface area contributed by atoms with Gasteiger partial charge in [0, 0.05) is 62.5 Å². The van der Waals surface area contributed by atoms with Gasteiger partial charge in [0.1, 0.15) is 12.0 Å². The van der Waals surface area contributed by atoms with E-state index in [4.69, 9.17) is 4.42 Å². The monoisotopic (exact) mass is 444 g/mol. The molecular formula is C27H32N4O2. The highest BCUT2D eigenvalue weighted by Gasteiger charge is 2.31. The van der Waals surface area contributed by atoms with Gasteiger partial charge in [0.2, 0.25) is 5.91 Å². The van der Waals surface area contributed by atoms with Gasteiger partial charge in [-0.25, -0.2) is 4.98 Å². The van der Waals surface area contributed by atoms with Gasteiger partial charge in [-0.3, -0.25) is 4.79 Å². The Morgan fingerprint density at radius 3 is 2.48 bits per heavy atom. The van der Waals surface area contributed by atoms with Gasteiger partial charge in [0.05, 0.1) is 0 Å². The van der Waals surface area contributed by atoms with E-state index in [1.54, 1.807) is 6.26 Å². The number of piperidine rings is 1. The predicted molar refractivity (Wildman–Crippen MR) is 132 cm³/mol. The van der Waals surface area contributed by atoms with E-state index in [9.17, 15) is 4.79 Å². The summed E-state index contributed by atoms with van der Waals surface area (Å²) in [7, 11) is 2.18. The maximum absolute atomic E-state index is 13.5. The molecule has 3 heterocycles. The highest BCUT2D eigenvalue weighted by Crippen LogP contribution is 2.31. The highest BCUT2D eigenvalue weighted by molar-refractivity contribution is 5.96. The third-order valence-electron chi connectivity index (χ3n) is 6.95. The summed E-state index contributed by atoms with van der Waals surface area (Å²) >= 11 is 0. The van der Waals surface area contributed by atoms with Crippen LogP contribution in [0.3, 0.4) is 0 Å².